The van der Waals surface area contributed by atoms with Gasteiger partial charge in [0.1, 0.15) is 6.61 Å². The Morgan fingerprint density at radius 1 is 1.44 bits per heavy atom. The first kappa shape index (κ1) is 15.6. The molecule has 1 aromatic rings. The lowest BCUT2D eigenvalue weighted by Crippen LogP contribution is -2.37. The number of H-pyrrole nitrogens is 1. The van der Waals surface area contributed by atoms with E-state index < -0.39 is 18.2 Å². The third-order valence-corrected chi connectivity index (χ3v) is 4.06. The zero-order valence-electron chi connectivity index (χ0n) is 10.4. The Kier molecular flexibility index (Phi) is 4.90. The molecule has 1 atom stereocenters. The third kappa shape index (κ3) is 3.52. The molecule has 1 aromatic heterocycles. The molecule has 0 saturated carbocycles. The first-order valence-corrected chi connectivity index (χ1v) is 7.00. The van der Waals surface area contributed by atoms with Crippen LogP contribution in [0.5, 0.6) is 5.88 Å². The maximum atomic E-state index is 12.7. The van der Waals surface area contributed by atoms with Gasteiger partial charge >= 0.3 is 6.18 Å². The van der Waals surface area contributed by atoms with E-state index in [-0.39, 0.29) is 5.92 Å². The molecule has 0 aliphatic heterocycles. The molecule has 0 bridgehead atoms. The lowest BCUT2D eigenvalue weighted by atomic mass is 9.94. The summed E-state index contributed by atoms with van der Waals surface area (Å²) < 4.78 is 44.1. The molecule has 0 aliphatic rings. The molecule has 1 N–H and O–H groups in total. The van der Waals surface area contributed by atoms with E-state index in [0.29, 0.717) is 5.88 Å². The first-order valence-electron chi connectivity index (χ1n) is 5.48. The number of aromatic amines is 1. The van der Waals surface area contributed by atoms with Gasteiger partial charge in [-0.2, -0.15) is 18.3 Å². The van der Waals surface area contributed by atoms with Crippen LogP contribution in [0.4, 0.5) is 13.2 Å². The van der Waals surface area contributed by atoms with Gasteiger partial charge in [0.15, 0.2) is 0 Å². The van der Waals surface area contributed by atoms with Crippen LogP contribution in [0.2, 0.25) is 0 Å². The molecule has 0 spiro atoms. The van der Waals surface area contributed by atoms with Gasteiger partial charge in [-0.3, -0.25) is 0 Å². The van der Waals surface area contributed by atoms with Gasteiger partial charge < -0.3 is 4.74 Å². The number of nitrogens with one attached hydrogen (secondary N) is 1. The lowest BCUT2D eigenvalue weighted by molar-refractivity contribution is -0.219. The number of ether oxygens (including phenoxy) is 1. The molecule has 0 aliphatic carbocycles. The summed E-state index contributed by atoms with van der Waals surface area (Å²) in [7, 11) is 0. The molecule has 104 valence electrons. The molecular weight excluding hydrogens is 360 g/mol. The minimum Gasteiger partial charge on any atom is -0.477 e. The van der Waals surface area contributed by atoms with Gasteiger partial charge in [0.05, 0.1) is 11.6 Å². The van der Waals surface area contributed by atoms with Crippen LogP contribution in [-0.2, 0) is 0 Å². The van der Waals surface area contributed by atoms with Crippen LogP contribution in [0.1, 0.15) is 32.3 Å². The predicted molar refractivity (Wildman–Crippen MR) is 71.2 cm³/mol. The minimum atomic E-state index is -4.29. The van der Waals surface area contributed by atoms with Crippen LogP contribution in [0.3, 0.4) is 0 Å². The molecule has 1 heterocycles. The van der Waals surface area contributed by atoms with Gasteiger partial charge in [-0.25, -0.2) is 5.10 Å². The predicted octanol–water partition coefficient (Wildman–Crippen LogP) is 3.92. The lowest BCUT2D eigenvalue weighted by Gasteiger charge is -2.27. The fraction of sp³-hybridized carbons (Fsp3) is 0.727. The number of rotatable bonds is 5. The van der Waals surface area contributed by atoms with Crippen molar-refractivity contribution in [3.05, 3.63) is 11.8 Å². The Bertz CT molecular complexity index is 390. The Morgan fingerprint density at radius 2 is 2.06 bits per heavy atom. The third-order valence-electron chi connectivity index (χ3n) is 2.74. The van der Waals surface area contributed by atoms with Crippen molar-refractivity contribution in [2.75, 3.05) is 11.0 Å². The summed E-state index contributed by atoms with van der Waals surface area (Å²) in [4.78, 5) is 0. The largest absolute Gasteiger partial charge is 0.477 e. The van der Waals surface area contributed by atoms with Crippen molar-refractivity contribution in [2.45, 2.75) is 32.9 Å². The highest BCUT2D eigenvalue weighted by Gasteiger charge is 2.48. The second-order valence-corrected chi connectivity index (χ2v) is 5.76. The van der Waals surface area contributed by atoms with Gasteiger partial charge in [0.2, 0.25) is 5.88 Å². The second kappa shape index (κ2) is 5.66. The monoisotopic (exact) mass is 376 g/mol. The SMILES string of the molecule is CC(CI)c1cn[nH]c1OCC(C)(C)C(F)(F)F. The van der Waals surface area contributed by atoms with Gasteiger partial charge in [0, 0.05) is 9.99 Å². The smallest absolute Gasteiger partial charge is 0.397 e. The van der Waals surface area contributed by atoms with E-state index in [9.17, 15) is 13.2 Å². The topological polar surface area (TPSA) is 37.9 Å². The summed E-state index contributed by atoms with van der Waals surface area (Å²) in [5, 5.41) is 6.42. The van der Waals surface area contributed by atoms with Crippen molar-refractivity contribution in [3.8, 4) is 5.88 Å². The Morgan fingerprint density at radius 3 is 2.56 bits per heavy atom. The van der Waals surface area contributed by atoms with Gasteiger partial charge in [-0.15, -0.1) is 0 Å². The Labute approximate surface area is 118 Å². The highest BCUT2D eigenvalue weighted by Crippen LogP contribution is 2.38. The van der Waals surface area contributed by atoms with E-state index in [1.54, 1.807) is 6.20 Å². The summed E-state index contributed by atoms with van der Waals surface area (Å²) in [6.45, 7) is 3.77. The summed E-state index contributed by atoms with van der Waals surface area (Å²) in [5.41, 5.74) is -1.08. The fourth-order valence-corrected chi connectivity index (χ4v) is 1.64. The van der Waals surface area contributed by atoms with Crippen molar-refractivity contribution in [1.82, 2.24) is 10.2 Å². The highest BCUT2D eigenvalue weighted by molar-refractivity contribution is 14.1. The molecule has 0 saturated heterocycles. The van der Waals surface area contributed by atoms with Crippen LogP contribution in [0.25, 0.3) is 0 Å². The van der Waals surface area contributed by atoms with Crippen LogP contribution in [-0.4, -0.2) is 27.4 Å². The van der Waals surface area contributed by atoms with Crippen molar-refractivity contribution in [3.63, 3.8) is 0 Å². The van der Waals surface area contributed by atoms with E-state index in [0.717, 1.165) is 23.8 Å². The molecule has 1 unspecified atom stereocenters. The van der Waals surface area contributed by atoms with E-state index >= 15 is 0 Å². The quantitative estimate of drug-likeness (QED) is 0.625. The molecule has 0 aromatic carbocycles. The average molecular weight is 376 g/mol. The maximum Gasteiger partial charge on any atom is 0.397 e. The summed E-state index contributed by atoms with van der Waals surface area (Å²) in [5.74, 6) is 0.518. The van der Waals surface area contributed by atoms with Gasteiger partial charge in [0.25, 0.3) is 0 Å². The van der Waals surface area contributed by atoms with Crippen molar-refractivity contribution < 1.29 is 17.9 Å². The second-order valence-electron chi connectivity index (χ2n) is 4.88. The number of aromatic nitrogens is 2. The number of halogens is 4. The van der Waals surface area contributed by atoms with Crippen molar-refractivity contribution >= 4 is 22.6 Å². The Balaban J connectivity index is 2.73. The molecule has 0 amide bonds. The van der Waals surface area contributed by atoms with E-state index in [1.807, 2.05) is 6.92 Å². The van der Waals surface area contributed by atoms with Crippen molar-refractivity contribution in [2.24, 2.45) is 5.41 Å². The van der Waals surface area contributed by atoms with E-state index in [4.69, 9.17) is 4.74 Å². The van der Waals surface area contributed by atoms with Crippen LogP contribution < -0.4 is 4.74 Å². The van der Waals surface area contributed by atoms with Gasteiger partial charge in [-0.1, -0.05) is 29.5 Å². The number of alkyl halides is 4. The molecule has 1 rings (SSSR count). The zero-order chi connectivity index (χ0) is 14.0. The van der Waals surface area contributed by atoms with E-state index in [1.165, 1.54) is 0 Å². The molecular formula is C11H16F3IN2O. The summed E-state index contributed by atoms with van der Waals surface area (Å²) in [6.07, 6.45) is -2.69. The fourth-order valence-electron chi connectivity index (χ4n) is 1.17. The maximum absolute atomic E-state index is 12.7. The van der Waals surface area contributed by atoms with E-state index in [2.05, 4.69) is 32.8 Å². The Hall–Kier alpha value is -0.470. The normalized spacial score (nSPS) is 14.6. The molecule has 18 heavy (non-hydrogen) atoms. The summed E-state index contributed by atoms with van der Waals surface area (Å²) >= 11 is 2.21. The standard InChI is InChI=1S/C11H16F3IN2O/c1-7(4-15)8-5-16-17-9(8)18-6-10(2,3)11(12,13)14/h5,7H,4,6H2,1-3H3,(H,16,17). The molecule has 0 fully saturated rings. The zero-order valence-corrected chi connectivity index (χ0v) is 12.6. The molecule has 3 nitrogen and oxygen atoms in total. The number of hydrogen-bond donors (Lipinski definition) is 1. The van der Waals surface area contributed by atoms with Gasteiger partial charge in [-0.05, 0) is 19.8 Å². The minimum absolute atomic E-state index is 0.188. The van der Waals surface area contributed by atoms with Crippen LogP contribution in [0, 0.1) is 5.41 Å². The van der Waals surface area contributed by atoms with Crippen LogP contribution in [0.15, 0.2) is 6.20 Å². The van der Waals surface area contributed by atoms with Crippen molar-refractivity contribution in [1.29, 1.82) is 0 Å². The summed E-state index contributed by atoms with van der Waals surface area (Å²) in [6, 6.07) is 0. The first-order chi connectivity index (χ1) is 8.19. The molecule has 7 heteroatoms. The number of hydrogen-bond acceptors (Lipinski definition) is 2. The molecule has 0 radical (unpaired) electrons. The highest BCUT2D eigenvalue weighted by atomic mass is 127. The average Bonchev–Trinajstić information content (AvgIpc) is 2.72. The van der Waals surface area contributed by atoms with Crippen LogP contribution >= 0.6 is 22.6 Å². The number of nitrogens with zero attached hydrogens (tertiary/aromatic N) is 1.